The molecule has 2 nitrogen and oxygen atoms in total. The van der Waals surface area contributed by atoms with Crippen LogP contribution >= 0.6 is 11.8 Å². The SMILES string of the molecule is Cc1cccc(COc2cccc(C3=NCCS3)c2)c1. The molecule has 1 aliphatic heterocycles. The molecule has 0 spiro atoms. The molecule has 2 aromatic rings. The van der Waals surface area contributed by atoms with Crippen LogP contribution in [0.25, 0.3) is 0 Å². The third kappa shape index (κ3) is 3.23. The van der Waals surface area contributed by atoms with Crippen molar-refractivity contribution in [2.75, 3.05) is 12.3 Å². The number of hydrogen-bond acceptors (Lipinski definition) is 3. The Bertz CT molecular complexity index is 636. The zero-order valence-corrected chi connectivity index (χ0v) is 12.3. The van der Waals surface area contributed by atoms with Gasteiger partial charge in [0.05, 0.1) is 5.04 Å². The van der Waals surface area contributed by atoms with E-state index >= 15 is 0 Å². The Balaban J connectivity index is 1.70. The molecule has 1 aliphatic rings. The minimum Gasteiger partial charge on any atom is -0.489 e. The molecule has 0 bridgehead atoms. The van der Waals surface area contributed by atoms with Gasteiger partial charge in [0, 0.05) is 17.9 Å². The first-order chi connectivity index (χ1) is 9.81. The van der Waals surface area contributed by atoms with Gasteiger partial charge in [0.2, 0.25) is 0 Å². The molecule has 0 radical (unpaired) electrons. The summed E-state index contributed by atoms with van der Waals surface area (Å²) in [5, 5.41) is 1.13. The van der Waals surface area contributed by atoms with Crippen molar-refractivity contribution in [3.63, 3.8) is 0 Å². The summed E-state index contributed by atoms with van der Waals surface area (Å²) in [6, 6.07) is 16.6. The van der Waals surface area contributed by atoms with E-state index in [0.717, 1.165) is 28.7 Å². The van der Waals surface area contributed by atoms with E-state index < -0.39 is 0 Å². The van der Waals surface area contributed by atoms with Crippen LogP contribution in [0.15, 0.2) is 53.5 Å². The Kier molecular flexibility index (Phi) is 4.07. The van der Waals surface area contributed by atoms with Crippen LogP contribution in [0.1, 0.15) is 16.7 Å². The summed E-state index contributed by atoms with van der Waals surface area (Å²) in [4.78, 5) is 4.50. The second kappa shape index (κ2) is 6.14. The average Bonchev–Trinajstić information content (AvgIpc) is 3.00. The molecular weight excluding hydrogens is 266 g/mol. The number of nitrogens with zero attached hydrogens (tertiary/aromatic N) is 1. The van der Waals surface area contributed by atoms with Crippen molar-refractivity contribution in [1.29, 1.82) is 0 Å². The van der Waals surface area contributed by atoms with Gasteiger partial charge in [-0.15, -0.1) is 11.8 Å². The topological polar surface area (TPSA) is 21.6 Å². The van der Waals surface area contributed by atoms with Crippen molar-refractivity contribution in [3.05, 3.63) is 65.2 Å². The molecule has 1 heterocycles. The van der Waals surface area contributed by atoms with Crippen molar-refractivity contribution in [3.8, 4) is 5.75 Å². The number of aryl methyl sites for hydroxylation is 1. The van der Waals surface area contributed by atoms with E-state index in [2.05, 4.69) is 48.3 Å². The largest absolute Gasteiger partial charge is 0.489 e. The fourth-order valence-corrected chi connectivity index (χ4v) is 3.05. The Morgan fingerprint density at radius 3 is 2.85 bits per heavy atom. The monoisotopic (exact) mass is 283 g/mol. The summed E-state index contributed by atoms with van der Waals surface area (Å²) in [7, 11) is 0. The molecule has 0 N–H and O–H groups in total. The van der Waals surface area contributed by atoms with Gasteiger partial charge < -0.3 is 4.74 Å². The molecular formula is C17H17NOS. The fourth-order valence-electron chi connectivity index (χ4n) is 2.20. The van der Waals surface area contributed by atoms with E-state index in [1.807, 2.05) is 23.9 Å². The maximum Gasteiger partial charge on any atom is 0.120 e. The minimum absolute atomic E-state index is 0.602. The lowest BCUT2D eigenvalue weighted by Gasteiger charge is -2.08. The molecule has 0 unspecified atom stereocenters. The van der Waals surface area contributed by atoms with E-state index in [-0.39, 0.29) is 0 Å². The van der Waals surface area contributed by atoms with E-state index in [4.69, 9.17) is 4.74 Å². The summed E-state index contributed by atoms with van der Waals surface area (Å²) < 4.78 is 5.88. The number of benzene rings is 2. The summed E-state index contributed by atoms with van der Waals surface area (Å²) in [5.74, 6) is 1.99. The van der Waals surface area contributed by atoms with Crippen molar-refractivity contribution in [2.45, 2.75) is 13.5 Å². The molecule has 0 atom stereocenters. The number of ether oxygens (including phenoxy) is 1. The maximum atomic E-state index is 5.88. The molecule has 102 valence electrons. The zero-order valence-electron chi connectivity index (χ0n) is 11.5. The Morgan fingerprint density at radius 2 is 2.05 bits per heavy atom. The van der Waals surface area contributed by atoms with Crippen LogP contribution in [0.5, 0.6) is 5.75 Å². The molecule has 20 heavy (non-hydrogen) atoms. The Morgan fingerprint density at radius 1 is 1.15 bits per heavy atom. The maximum absolute atomic E-state index is 5.88. The standard InChI is InChI=1S/C17H17NOS/c1-13-4-2-5-14(10-13)12-19-16-7-3-6-15(11-16)17-18-8-9-20-17/h2-7,10-11H,8-9,12H2,1H3. The van der Waals surface area contributed by atoms with Gasteiger partial charge in [-0.05, 0) is 24.6 Å². The smallest absolute Gasteiger partial charge is 0.120 e. The van der Waals surface area contributed by atoms with E-state index in [1.54, 1.807) is 0 Å². The van der Waals surface area contributed by atoms with Crippen molar-refractivity contribution in [2.24, 2.45) is 4.99 Å². The van der Waals surface area contributed by atoms with Crippen LogP contribution in [0.4, 0.5) is 0 Å². The Labute approximate surface area is 123 Å². The van der Waals surface area contributed by atoms with Gasteiger partial charge in [-0.3, -0.25) is 4.99 Å². The fraction of sp³-hybridized carbons (Fsp3) is 0.235. The average molecular weight is 283 g/mol. The molecule has 0 fully saturated rings. The van der Waals surface area contributed by atoms with E-state index in [9.17, 15) is 0 Å². The molecule has 3 heteroatoms. The highest BCUT2D eigenvalue weighted by atomic mass is 32.2. The second-order valence-corrected chi connectivity index (χ2v) is 5.92. The first-order valence-corrected chi connectivity index (χ1v) is 7.76. The third-order valence-electron chi connectivity index (χ3n) is 3.15. The van der Waals surface area contributed by atoms with Gasteiger partial charge in [0.25, 0.3) is 0 Å². The van der Waals surface area contributed by atoms with Crippen molar-refractivity contribution in [1.82, 2.24) is 0 Å². The van der Waals surface area contributed by atoms with Gasteiger partial charge in [-0.1, -0.05) is 42.0 Å². The van der Waals surface area contributed by atoms with Crippen molar-refractivity contribution >= 4 is 16.8 Å². The van der Waals surface area contributed by atoms with Crippen LogP contribution in [-0.2, 0) is 6.61 Å². The molecule has 0 amide bonds. The van der Waals surface area contributed by atoms with Gasteiger partial charge in [0.15, 0.2) is 0 Å². The van der Waals surface area contributed by atoms with E-state index in [0.29, 0.717) is 6.61 Å². The van der Waals surface area contributed by atoms with Crippen LogP contribution < -0.4 is 4.74 Å². The van der Waals surface area contributed by atoms with Crippen LogP contribution in [0.3, 0.4) is 0 Å². The van der Waals surface area contributed by atoms with Gasteiger partial charge >= 0.3 is 0 Å². The number of hydrogen-bond donors (Lipinski definition) is 0. The number of aliphatic imine (C=N–C) groups is 1. The quantitative estimate of drug-likeness (QED) is 0.843. The van der Waals surface area contributed by atoms with E-state index in [1.165, 1.54) is 11.1 Å². The summed E-state index contributed by atoms with van der Waals surface area (Å²) >= 11 is 1.82. The second-order valence-electron chi connectivity index (χ2n) is 4.84. The van der Waals surface area contributed by atoms with Gasteiger partial charge in [0.1, 0.15) is 12.4 Å². The predicted molar refractivity (Wildman–Crippen MR) is 85.8 cm³/mol. The van der Waals surface area contributed by atoms with Crippen LogP contribution in [0.2, 0.25) is 0 Å². The number of thioether (sulfide) groups is 1. The minimum atomic E-state index is 0.602. The molecule has 0 saturated heterocycles. The molecule has 0 aliphatic carbocycles. The van der Waals surface area contributed by atoms with Gasteiger partial charge in [-0.25, -0.2) is 0 Å². The molecule has 0 saturated carbocycles. The van der Waals surface area contributed by atoms with Gasteiger partial charge in [-0.2, -0.15) is 0 Å². The summed E-state index contributed by atoms with van der Waals surface area (Å²) in [6.07, 6.45) is 0. The van der Waals surface area contributed by atoms with Crippen molar-refractivity contribution < 1.29 is 4.74 Å². The normalized spacial score (nSPS) is 14.2. The molecule has 3 rings (SSSR count). The predicted octanol–water partition coefficient (Wildman–Crippen LogP) is 4.07. The van der Waals surface area contributed by atoms with Crippen LogP contribution in [0, 0.1) is 6.92 Å². The zero-order chi connectivity index (χ0) is 13.8. The molecule has 2 aromatic carbocycles. The van der Waals surface area contributed by atoms with Crippen LogP contribution in [-0.4, -0.2) is 17.3 Å². The lowest BCUT2D eigenvalue weighted by Crippen LogP contribution is -1.98. The summed E-state index contributed by atoms with van der Waals surface area (Å²) in [5.41, 5.74) is 3.62. The summed E-state index contributed by atoms with van der Waals surface area (Å²) in [6.45, 7) is 3.62. The number of rotatable bonds is 4. The highest BCUT2D eigenvalue weighted by molar-refractivity contribution is 8.14. The highest BCUT2D eigenvalue weighted by Gasteiger charge is 2.10. The first-order valence-electron chi connectivity index (χ1n) is 6.77. The Hall–Kier alpha value is -1.74. The first kappa shape index (κ1) is 13.3. The lowest BCUT2D eigenvalue weighted by molar-refractivity contribution is 0.306. The molecule has 0 aromatic heterocycles. The third-order valence-corrected chi connectivity index (χ3v) is 4.18. The highest BCUT2D eigenvalue weighted by Crippen LogP contribution is 2.23. The lowest BCUT2D eigenvalue weighted by atomic mass is 10.1.